The molecule has 1 aromatic carbocycles. The molecule has 0 fully saturated rings. The number of nitrogens with zero attached hydrogens (tertiary/aromatic N) is 1. The van der Waals surface area contributed by atoms with Gasteiger partial charge in [0.15, 0.2) is 0 Å². The fourth-order valence-corrected chi connectivity index (χ4v) is 1.58. The first-order chi connectivity index (χ1) is 9.31. The highest BCUT2D eigenvalue weighted by Crippen LogP contribution is 2.17. The van der Waals surface area contributed by atoms with Gasteiger partial charge in [0.05, 0.1) is 12.1 Å². The van der Waals surface area contributed by atoms with E-state index in [-0.39, 0.29) is 5.91 Å². The van der Waals surface area contributed by atoms with Gasteiger partial charge < -0.3 is 15.0 Å². The molecule has 2 aromatic rings. The molecule has 0 aliphatic heterocycles. The number of rotatable bonds is 6. The van der Waals surface area contributed by atoms with Crippen LogP contribution < -0.4 is 10.1 Å². The summed E-state index contributed by atoms with van der Waals surface area (Å²) >= 11 is 0. The second kappa shape index (κ2) is 6.39. The third-order valence-electron chi connectivity index (χ3n) is 2.46. The second-order valence-corrected chi connectivity index (χ2v) is 3.81. The molecule has 2 rings (SSSR count). The van der Waals surface area contributed by atoms with Crippen LogP contribution >= 0.6 is 0 Å². The molecule has 98 valence electrons. The Balaban J connectivity index is 2.03. The molecule has 0 radical (unpaired) electrons. The molecule has 5 heteroatoms. The van der Waals surface area contributed by atoms with Crippen LogP contribution in [0.4, 0.5) is 0 Å². The third-order valence-corrected chi connectivity index (χ3v) is 2.46. The van der Waals surface area contributed by atoms with E-state index in [0.29, 0.717) is 30.3 Å². The number of aromatic nitrogens is 2. The van der Waals surface area contributed by atoms with Gasteiger partial charge in [0.1, 0.15) is 18.2 Å². The van der Waals surface area contributed by atoms with Crippen molar-refractivity contribution in [3.63, 3.8) is 0 Å². The van der Waals surface area contributed by atoms with Crippen molar-refractivity contribution in [1.82, 2.24) is 15.3 Å². The lowest BCUT2D eigenvalue weighted by Gasteiger charge is -2.09. The maximum Gasteiger partial charge on any atom is 0.255 e. The molecule has 19 heavy (non-hydrogen) atoms. The van der Waals surface area contributed by atoms with Crippen molar-refractivity contribution < 1.29 is 9.53 Å². The summed E-state index contributed by atoms with van der Waals surface area (Å²) in [5.41, 5.74) is 0.496. The second-order valence-electron chi connectivity index (χ2n) is 3.81. The highest BCUT2D eigenvalue weighted by molar-refractivity contribution is 5.96. The number of imidazole rings is 1. The Labute approximate surface area is 111 Å². The summed E-state index contributed by atoms with van der Waals surface area (Å²) in [4.78, 5) is 19.0. The number of aromatic amines is 1. The molecule has 0 aliphatic carbocycles. The molecular formula is C14H15N3O2. The lowest BCUT2D eigenvalue weighted by atomic mass is 10.2. The molecule has 1 amide bonds. The number of nitrogens with one attached hydrogen (secondary N) is 2. The quantitative estimate of drug-likeness (QED) is 0.777. The van der Waals surface area contributed by atoms with Gasteiger partial charge in [-0.2, -0.15) is 0 Å². The minimum Gasteiger partial charge on any atom is -0.489 e. The summed E-state index contributed by atoms with van der Waals surface area (Å²) in [7, 11) is 0. The molecule has 0 unspecified atom stereocenters. The fraction of sp³-hybridized carbons (Fsp3) is 0.143. The van der Waals surface area contributed by atoms with Crippen molar-refractivity contribution in [3.05, 3.63) is 60.7 Å². The van der Waals surface area contributed by atoms with Gasteiger partial charge >= 0.3 is 0 Å². The summed E-state index contributed by atoms with van der Waals surface area (Å²) in [6, 6.07) is 7.09. The zero-order valence-electron chi connectivity index (χ0n) is 10.4. The van der Waals surface area contributed by atoms with Crippen LogP contribution in [-0.2, 0) is 6.54 Å². The first-order valence-electron chi connectivity index (χ1n) is 5.90. The van der Waals surface area contributed by atoms with E-state index in [4.69, 9.17) is 4.74 Å². The number of para-hydroxylation sites is 1. The van der Waals surface area contributed by atoms with Crippen molar-refractivity contribution in [3.8, 4) is 5.75 Å². The Morgan fingerprint density at radius 3 is 3.05 bits per heavy atom. The van der Waals surface area contributed by atoms with Crippen LogP contribution in [0.3, 0.4) is 0 Å². The van der Waals surface area contributed by atoms with Crippen molar-refractivity contribution in [2.24, 2.45) is 0 Å². The molecule has 5 nitrogen and oxygen atoms in total. The molecule has 0 saturated heterocycles. The van der Waals surface area contributed by atoms with Crippen molar-refractivity contribution in [1.29, 1.82) is 0 Å². The van der Waals surface area contributed by atoms with Gasteiger partial charge in [-0.25, -0.2) is 4.98 Å². The first-order valence-corrected chi connectivity index (χ1v) is 5.90. The van der Waals surface area contributed by atoms with Gasteiger partial charge in [0, 0.05) is 12.4 Å². The lowest BCUT2D eigenvalue weighted by Crippen LogP contribution is -2.24. The standard InChI is InChI=1S/C14H15N3O2/c1-2-9-19-12-6-4-3-5-11(12)14(18)17-10-13-15-7-8-16-13/h2-8H,1,9-10H2,(H,15,16)(H,17,18). The molecular weight excluding hydrogens is 242 g/mol. The van der Waals surface area contributed by atoms with Gasteiger partial charge in [-0.15, -0.1) is 0 Å². The normalized spacial score (nSPS) is 9.89. The molecule has 0 aliphatic rings. The smallest absolute Gasteiger partial charge is 0.255 e. The Bertz CT molecular complexity index is 550. The van der Waals surface area contributed by atoms with E-state index in [1.165, 1.54) is 0 Å². The molecule has 0 spiro atoms. The van der Waals surface area contributed by atoms with Crippen LogP contribution in [0.1, 0.15) is 16.2 Å². The van der Waals surface area contributed by atoms with E-state index >= 15 is 0 Å². The topological polar surface area (TPSA) is 67.0 Å². The van der Waals surface area contributed by atoms with Crippen LogP contribution in [0, 0.1) is 0 Å². The van der Waals surface area contributed by atoms with Gasteiger partial charge in [-0.1, -0.05) is 24.8 Å². The highest BCUT2D eigenvalue weighted by Gasteiger charge is 2.11. The van der Waals surface area contributed by atoms with Crippen LogP contribution in [0.25, 0.3) is 0 Å². The van der Waals surface area contributed by atoms with E-state index in [2.05, 4.69) is 21.9 Å². The summed E-state index contributed by atoms with van der Waals surface area (Å²) in [6.07, 6.45) is 4.99. The molecule has 0 saturated carbocycles. The SMILES string of the molecule is C=CCOc1ccccc1C(=O)NCc1ncc[nH]1. The van der Waals surface area contributed by atoms with E-state index in [9.17, 15) is 4.79 Å². The predicted octanol–water partition coefficient (Wildman–Crippen LogP) is 1.90. The first kappa shape index (κ1) is 12.9. The van der Waals surface area contributed by atoms with E-state index in [0.717, 1.165) is 0 Å². The molecule has 1 aromatic heterocycles. The number of carbonyl (C=O) groups excluding carboxylic acids is 1. The number of carbonyl (C=O) groups is 1. The molecule has 2 N–H and O–H groups in total. The van der Waals surface area contributed by atoms with Gasteiger partial charge in [0.2, 0.25) is 0 Å². The maximum atomic E-state index is 12.1. The fourth-order valence-electron chi connectivity index (χ4n) is 1.58. The van der Waals surface area contributed by atoms with Gasteiger partial charge in [0.25, 0.3) is 5.91 Å². The van der Waals surface area contributed by atoms with Crippen molar-refractivity contribution in [2.75, 3.05) is 6.61 Å². The van der Waals surface area contributed by atoms with E-state index in [1.54, 1.807) is 36.7 Å². The Hall–Kier alpha value is -2.56. The van der Waals surface area contributed by atoms with Crippen LogP contribution in [0.15, 0.2) is 49.3 Å². The summed E-state index contributed by atoms with van der Waals surface area (Å²) in [6.45, 7) is 4.29. The van der Waals surface area contributed by atoms with Gasteiger partial charge in [-0.05, 0) is 12.1 Å². The summed E-state index contributed by atoms with van der Waals surface area (Å²) < 4.78 is 5.44. The number of H-pyrrole nitrogens is 1. The van der Waals surface area contributed by atoms with E-state index < -0.39 is 0 Å². The van der Waals surface area contributed by atoms with Crippen LogP contribution in [-0.4, -0.2) is 22.5 Å². The van der Waals surface area contributed by atoms with E-state index in [1.807, 2.05) is 6.07 Å². The predicted molar refractivity (Wildman–Crippen MR) is 71.9 cm³/mol. The number of amides is 1. The number of hydrogen-bond acceptors (Lipinski definition) is 3. The molecule has 1 heterocycles. The van der Waals surface area contributed by atoms with Crippen molar-refractivity contribution >= 4 is 5.91 Å². The maximum absolute atomic E-state index is 12.1. The molecule has 0 atom stereocenters. The number of hydrogen-bond donors (Lipinski definition) is 2. The number of ether oxygens (including phenoxy) is 1. The minimum absolute atomic E-state index is 0.198. The average molecular weight is 257 g/mol. The minimum atomic E-state index is -0.198. The summed E-state index contributed by atoms with van der Waals surface area (Å²) in [5, 5.41) is 2.78. The largest absolute Gasteiger partial charge is 0.489 e. The van der Waals surface area contributed by atoms with Crippen molar-refractivity contribution in [2.45, 2.75) is 6.54 Å². The zero-order valence-corrected chi connectivity index (χ0v) is 10.4. The summed E-state index contributed by atoms with van der Waals surface area (Å²) in [5.74, 6) is 1.05. The Morgan fingerprint density at radius 1 is 1.47 bits per heavy atom. The monoisotopic (exact) mass is 257 g/mol. The molecule has 0 bridgehead atoms. The van der Waals surface area contributed by atoms with Crippen LogP contribution in [0.5, 0.6) is 5.75 Å². The lowest BCUT2D eigenvalue weighted by molar-refractivity contribution is 0.0946. The van der Waals surface area contributed by atoms with Crippen LogP contribution in [0.2, 0.25) is 0 Å². The Kier molecular flexibility index (Phi) is 4.34. The number of benzene rings is 1. The zero-order chi connectivity index (χ0) is 13.5. The Morgan fingerprint density at radius 2 is 2.32 bits per heavy atom. The third kappa shape index (κ3) is 3.45. The highest BCUT2D eigenvalue weighted by atomic mass is 16.5. The average Bonchev–Trinajstić information content (AvgIpc) is 2.96. The van der Waals surface area contributed by atoms with Gasteiger partial charge in [-0.3, -0.25) is 4.79 Å².